The summed E-state index contributed by atoms with van der Waals surface area (Å²) in [5.74, 6) is -0.539. The predicted molar refractivity (Wildman–Crippen MR) is 88.5 cm³/mol. The molecule has 0 unspecified atom stereocenters. The quantitative estimate of drug-likeness (QED) is 0.420. The van der Waals surface area contributed by atoms with Crippen molar-refractivity contribution < 1.29 is 19.1 Å². The minimum atomic E-state index is -0.808. The van der Waals surface area contributed by atoms with Gasteiger partial charge in [0.15, 0.2) is 0 Å². The summed E-state index contributed by atoms with van der Waals surface area (Å²) in [6.45, 7) is 12.8. The van der Waals surface area contributed by atoms with E-state index in [-0.39, 0.29) is 30.2 Å². The molecule has 0 saturated heterocycles. The van der Waals surface area contributed by atoms with Crippen molar-refractivity contribution in [2.45, 2.75) is 73.6 Å². The summed E-state index contributed by atoms with van der Waals surface area (Å²) in [6.07, 6.45) is 3.74. The van der Waals surface area contributed by atoms with E-state index in [1.165, 1.54) is 0 Å². The summed E-state index contributed by atoms with van der Waals surface area (Å²) in [4.78, 5) is 24.8. The minimum Gasteiger partial charge on any atom is -0.466 e. The van der Waals surface area contributed by atoms with Gasteiger partial charge >= 0.3 is 11.9 Å². The highest BCUT2D eigenvalue weighted by Gasteiger charge is 2.47. The first-order chi connectivity index (χ1) is 10.3. The molecule has 4 heteroatoms. The number of esters is 2. The Labute approximate surface area is 135 Å². The van der Waals surface area contributed by atoms with E-state index in [2.05, 4.69) is 6.92 Å². The molecule has 4 nitrogen and oxygen atoms in total. The fourth-order valence-electron chi connectivity index (χ4n) is 2.68. The second-order valence-corrected chi connectivity index (χ2v) is 6.59. The molecule has 0 atom stereocenters. The van der Waals surface area contributed by atoms with Crippen LogP contribution in [0.4, 0.5) is 0 Å². The lowest BCUT2D eigenvalue weighted by Gasteiger charge is -2.38. The van der Waals surface area contributed by atoms with Gasteiger partial charge in [-0.05, 0) is 24.7 Å². The molecule has 0 fully saturated rings. The molecule has 0 spiro atoms. The number of hydrogen-bond acceptors (Lipinski definition) is 4. The Hall–Kier alpha value is -1.06. The van der Waals surface area contributed by atoms with Gasteiger partial charge in [-0.1, -0.05) is 54.4 Å². The molecule has 0 aliphatic heterocycles. The van der Waals surface area contributed by atoms with Crippen LogP contribution in [0.3, 0.4) is 0 Å². The number of carbonyl (C=O) groups excluding carboxylic acids is 2. The van der Waals surface area contributed by atoms with E-state index in [1.54, 1.807) is 0 Å². The Morgan fingerprint density at radius 3 is 1.73 bits per heavy atom. The van der Waals surface area contributed by atoms with Gasteiger partial charge in [0.05, 0.1) is 25.0 Å². The lowest BCUT2D eigenvalue weighted by molar-refractivity contribution is -0.170. The average Bonchev–Trinajstić information content (AvgIpc) is 2.44. The first kappa shape index (κ1) is 20.9. The van der Waals surface area contributed by atoms with E-state index >= 15 is 0 Å². The van der Waals surface area contributed by atoms with E-state index in [0.29, 0.717) is 13.2 Å². The Balaban J connectivity index is 5.00. The van der Waals surface area contributed by atoms with Crippen molar-refractivity contribution in [3.05, 3.63) is 0 Å². The Morgan fingerprint density at radius 1 is 0.864 bits per heavy atom. The van der Waals surface area contributed by atoms with Crippen LogP contribution in [0.25, 0.3) is 0 Å². The maximum atomic E-state index is 12.7. The number of rotatable bonds is 11. The second kappa shape index (κ2) is 10.6. The topological polar surface area (TPSA) is 52.6 Å². The van der Waals surface area contributed by atoms with Crippen molar-refractivity contribution in [3.8, 4) is 0 Å². The van der Waals surface area contributed by atoms with Gasteiger partial charge in [0.25, 0.3) is 0 Å². The third-order valence-corrected chi connectivity index (χ3v) is 4.37. The highest BCUT2D eigenvalue weighted by molar-refractivity contribution is 5.84. The highest BCUT2D eigenvalue weighted by atomic mass is 16.5. The third kappa shape index (κ3) is 5.98. The van der Waals surface area contributed by atoms with Crippen molar-refractivity contribution in [1.29, 1.82) is 0 Å². The summed E-state index contributed by atoms with van der Waals surface area (Å²) in [5, 5.41) is 0. The van der Waals surface area contributed by atoms with E-state index in [1.807, 2.05) is 34.6 Å². The Kier molecular flexibility index (Phi) is 10.1. The molecule has 0 aromatic heterocycles. The molecular weight excluding hydrogens is 280 g/mol. The summed E-state index contributed by atoms with van der Waals surface area (Å²) in [6, 6.07) is 0. The van der Waals surface area contributed by atoms with Gasteiger partial charge in [-0.3, -0.25) is 9.59 Å². The molecule has 0 rings (SSSR count). The van der Waals surface area contributed by atoms with Crippen molar-refractivity contribution in [2.75, 3.05) is 13.2 Å². The molecule has 0 N–H and O–H groups in total. The largest absolute Gasteiger partial charge is 0.466 e. The number of ether oxygens (including phenoxy) is 2. The van der Waals surface area contributed by atoms with E-state index in [4.69, 9.17) is 9.47 Å². The Morgan fingerprint density at radius 2 is 1.32 bits per heavy atom. The van der Waals surface area contributed by atoms with Crippen molar-refractivity contribution in [3.63, 3.8) is 0 Å². The number of hydrogen-bond donors (Lipinski definition) is 0. The van der Waals surface area contributed by atoms with E-state index < -0.39 is 5.41 Å². The van der Waals surface area contributed by atoms with Gasteiger partial charge in [0.1, 0.15) is 0 Å². The first-order valence-electron chi connectivity index (χ1n) is 8.65. The van der Waals surface area contributed by atoms with Gasteiger partial charge in [-0.15, -0.1) is 0 Å². The molecule has 0 aromatic carbocycles. The van der Waals surface area contributed by atoms with Crippen LogP contribution in [-0.4, -0.2) is 25.2 Å². The SMILES string of the molecule is CCCCOC(=O)CC(C(=O)OCCCC)(C(C)C)C(C)C. The molecule has 0 aromatic rings. The van der Waals surface area contributed by atoms with Gasteiger partial charge in [0, 0.05) is 0 Å². The molecule has 0 aliphatic carbocycles. The zero-order valence-electron chi connectivity index (χ0n) is 15.2. The van der Waals surface area contributed by atoms with Crippen LogP contribution in [-0.2, 0) is 19.1 Å². The lowest BCUT2D eigenvalue weighted by atomic mass is 9.66. The standard InChI is InChI=1S/C18H34O4/c1-7-9-11-21-16(19)13-18(14(3)4,15(5)6)17(20)22-12-10-8-2/h14-15H,7-13H2,1-6H3. The molecule has 22 heavy (non-hydrogen) atoms. The zero-order valence-corrected chi connectivity index (χ0v) is 15.2. The van der Waals surface area contributed by atoms with Gasteiger partial charge in [-0.2, -0.15) is 0 Å². The minimum absolute atomic E-state index is 0.0142. The molecule has 0 heterocycles. The van der Waals surface area contributed by atoms with Crippen LogP contribution in [0.5, 0.6) is 0 Å². The van der Waals surface area contributed by atoms with Gasteiger partial charge < -0.3 is 9.47 Å². The molecule has 0 saturated carbocycles. The normalized spacial score (nSPS) is 11.8. The average molecular weight is 314 g/mol. The summed E-state index contributed by atoms with van der Waals surface area (Å²) < 4.78 is 10.7. The molecule has 130 valence electrons. The lowest BCUT2D eigenvalue weighted by Crippen LogP contribution is -2.44. The van der Waals surface area contributed by atoms with Gasteiger partial charge in [0.2, 0.25) is 0 Å². The summed E-state index contributed by atoms with van der Waals surface area (Å²) in [7, 11) is 0. The number of carbonyl (C=O) groups is 2. The van der Waals surface area contributed by atoms with Crippen LogP contribution >= 0.6 is 0 Å². The van der Waals surface area contributed by atoms with Crippen molar-refractivity contribution >= 4 is 11.9 Å². The summed E-state index contributed by atoms with van der Waals surface area (Å²) in [5.41, 5.74) is -0.808. The van der Waals surface area contributed by atoms with E-state index in [9.17, 15) is 9.59 Å². The highest BCUT2D eigenvalue weighted by Crippen LogP contribution is 2.41. The van der Waals surface area contributed by atoms with Crippen molar-refractivity contribution in [1.82, 2.24) is 0 Å². The van der Waals surface area contributed by atoms with Crippen molar-refractivity contribution in [2.24, 2.45) is 17.3 Å². The van der Waals surface area contributed by atoms with Gasteiger partial charge in [-0.25, -0.2) is 0 Å². The van der Waals surface area contributed by atoms with Crippen LogP contribution in [0, 0.1) is 17.3 Å². The third-order valence-electron chi connectivity index (χ3n) is 4.37. The molecular formula is C18H34O4. The maximum absolute atomic E-state index is 12.7. The fourth-order valence-corrected chi connectivity index (χ4v) is 2.68. The smallest absolute Gasteiger partial charge is 0.313 e. The second-order valence-electron chi connectivity index (χ2n) is 6.59. The first-order valence-corrected chi connectivity index (χ1v) is 8.65. The van der Waals surface area contributed by atoms with Crippen LogP contribution in [0.15, 0.2) is 0 Å². The molecule has 0 aliphatic rings. The zero-order chi connectivity index (χ0) is 17.2. The molecule has 0 bridgehead atoms. The summed E-state index contributed by atoms with van der Waals surface area (Å²) >= 11 is 0. The molecule has 0 amide bonds. The number of unbranched alkanes of at least 4 members (excludes halogenated alkanes) is 2. The molecule has 0 radical (unpaired) electrons. The van der Waals surface area contributed by atoms with E-state index in [0.717, 1.165) is 25.7 Å². The van der Waals surface area contributed by atoms with Crippen LogP contribution in [0.2, 0.25) is 0 Å². The maximum Gasteiger partial charge on any atom is 0.313 e. The fraction of sp³-hybridized carbons (Fsp3) is 0.889. The van der Waals surface area contributed by atoms with Crippen LogP contribution in [0.1, 0.15) is 73.6 Å². The predicted octanol–water partition coefficient (Wildman–Crippen LogP) is 4.36. The van der Waals surface area contributed by atoms with Crippen LogP contribution < -0.4 is 0 Å². The Bertz CT molecular complexity index is 326. The monoisotopic (exact) mass is 314 g/mol.